The molecule has 0 atom stereocenters. The molecule has 0 N–H and O–H groups in total. The lowest BCUT2D eigenvalue weighted by Crippen LogP contribution is -2.44. The minimum absolute atomic E-state index is 0.871. The fraction of sp³-hybridized carbons (Fsp3) is 0.579. The highest BCUT2D eigenvalue weighted by Crippen LogP contribution is 2.21. The highest BCUT2D eigenvalue weighted by Gasteiger charge is 2.25. The van der Waals surface area contributed by atoms with E-state index < -0.39 is 0 Å². The average Bonchev–Trinajstić information content (AvgIpc) is 3.08. The molecule has 2 fully saturated rings. The van der Waals surface area contributed by atoms with E-state index in [2.05, 4.69) is 40.6 Å². The monoisotopic (exact) mass is 284 g/mol. The molecular weight excluding hydrogens is 256 g/mol. The Labute approximate surface area is 129 Å². The van der Waals surface area contributed by atoms with Crippen LogP contribution in [0.4, 0.5) is 0 Å². The van der Waals surface area contributed by atoms with Gasteiger partial charge in [-0.15, -0.1) is 0 Å². The zero-order chi connectivity index (χ0) is 14.5. The molecule has 0 aromatic heterocycles. The Hall–Kier alpha value is -1.12. The summed E-state index contributed by atoms with van der Waals surface area (Å²) in [5.74, 6) is 0. The molecule has 2 saturated heterocycles. The minimum atomic E-state index is 0.871. The van der Waals surface area contributed by atoms with Crippen LogP contribution in [-0.4, -0.2) is 48.6 Å². The van der Waals surface area contributed by atoms with E-state index in [4.69, 9.17) is 0 Å². The molecule has 1 aromatic rings. The second-order valence-electron chi connectivity index (χ2n) is 6.51. The molecule has 2 aliphatic rings. The summed E-state index contributed by atoms with van der Waals surface area (Å²) in [5, 5.41) is 0. The smallest absolute Gasteiger partial charge is 0.0120 e. The number of nitrogens with zero attached hydrogens (tertiary/aromatic N) is 2. The molecule has 2 heteroatoms. The van der Waals surface area contributed by atoms with Crippen LogP contribution in [0.25, 0.3) is 6.08 Å². The Bertz CT molecular complexity index is 437. The Morgan fingerprint density at radius 3 is 2.29 bits per heavy atom. The fourth-order valence-corrected chi connectivity index (χ4v) is 3.72. The molecule has 0 spiro atoms. The quantitative estimate of drug-likeness (QED) is 0.817. The van der Waals surface area contributed by atoms with Crippen LogP contribution >= 0.6 is 0 Å². The second kappa shape index (κ2) is 7.24. The second-order valence-corrected chi connectivity index (χ2v) is 6.51. The number of hydrogen-bond acceptors (Lipinski definition) is 2. The van der Waals surface area contributed by atoms with Crippen molar-refractivity contribution in [2.45, 2.75) is 38.1 Å². The van der Waals surface area contributed by atoms with Crippen LogP contribution in [0.5, 0.6) is 0 Å². The van der Waals surface area contributed by atoms with Gasteiger partial charge in [0.2, 0.25) is 0 Å². The third kappa shape index (κ3) is 3.96. The minimum Gasteiger partial charge on any atom is -0.303 e. The summed E-state index contributed by atoms with van der Waals surface area (Å²) in [7, 11) is 0. The highest BCUT2D eigenvalue weighted by atomic mass is 15.2. The van der Waals surface area contributed by atoms with E-state index in [0.717, 1.165) is 6.04 Å². The van der Waals surface area contributed by atoms with Gasteiger partial charge in [-0.25, -0.2) is 0 Å². The number of piperidine rings is 1. The maximum absolute atomic E-state index is 3.81. The van der Waals surface area contributed by atoms with Crippen molar-refractivity contribution in [3.63, 3.8) is 0 Å². The standard InChI is InChI=1S/C19H28N2/c1-2-17-5-7-18(8-6-17)9-14-20-15-10-19(11-16-20)21-12-3-4-13-21/h2,5-8,19H,1,3-4,9-16H2. The molecule has 114 valence electrons. The first-order chi connectivity index (χ1) is 10.3. The molecule has 1 aromatic carbocycles. The van der Waals surface area contributed by atoms with Crippen molar-refractivity contribution in [2.75, 3.05) is 32.7 Å². The van der Waals surface area contributed by atoms with Crippen LogP contribution < -0.4 is 0 Å². The van der Waals surface area contributed by atoms with Crippen LogP contribution in [0.1, 0.15) is 36.8 Å². The van der Waals surface area contributed by atoms with Crippen LogP contribution in [0, 0.1) is 0 Å². The van der Waals surface area contributed by atoms with Gasteiger partial charge in [0.05, 0.1) is 0 Å². The molecule has 21 heavy (non-hydrogen) atoms. The first kappa shape index (κ1) is 14.8. The molecule has 2 nitrogen and oxygen atoms in total. The maximum atomic E-state index is 3.81. The van der Waals surface area contributed by atoms with Crippen LogP contribution in [-0.2, 0) is 6.42 Å². The zero-order valence-corrected chi connectivity index (χ0v) is 13.1. The van der Waals surface area contributed by atoms with E-state index in [1.54, 1.807) is 0 Å². The van der Waals surface area contributed by atoms with Crippen LogP contribution in [0.15, 0.2) is 30.8 Å². The van der Waals surface area contributed by atoms with Gasteiger partial charge in [-0.2, -0.15) is 0 Å². The van der Waals surface area contributed by atoms with Gasteiger partial charge < -0.3 is 9.80 Å². The SMILES string of the molecule is C=Cc1ccc(CCN2CCC(N3CCCC3)CC2)cc1. The Morgan fingerprint density at radius 1 is 1.00 bits per heavy atom. The van der Waals surface area contributed by atoms with Crippen molar-refractivity contribution < 1.29 is 0 Å². The first-order valence-electron chi connectivity index (χ1n) is 8.53. The molecule has 0 aliphatic carbocycles. The summed E-state index contributed by atoms with van der Waals surface area (Å²) < 4.78 is 0. The van der Waals surface area contributed by atoms with E-state index in [9.17, 15) is 0 Å². The van der Waals surface area contributed by atoms with E-state index in [1.807, 2.05) is 6.08 Å². The molecule has 0 bridgehead atoms. The predicted octanol–water partition coefficient (Wildman–Crippen LogP) is 3.43. The molecule has 0 radical (unpaired) electrons. The van der Waals surface area contributed by atoms with Gasteiger partial charge in [0.1, 0.15) is 0 Å². The average molecular weight is 284 g/mol. The first-order valence-corrected chi connectivity index (χ1v) is 8.53. The maximum Gasteiger partial charge on any atom is 0.0120 e. The molecule has 2 aliphatic heterocycles. The Balaban J connectivity index is 1.41. The summed E-state index contributed by atoms with van der Waals surface area (Å²) in [6.07, 6.45) is 8.66. The lowest BCUT2D eigenvalue weighted by molar-refractivity contribution is 0.128. The van der Waals surface area contributed by atoms with E-state index in [1.165, 1.54) is 76.0 Å². The lowest BCUT2D eigenvalue weighted by atomic mass is 10.0. The van der Waals surface area contributed by atoms with E-state index >= 15 is 0 Å². The number of benzene rings is 1. The summed E-state index contributed by atoms with van der Waals surface area (Å²) >= 11 is 0. The number of likely N-dealkylation sites (tertiary alicyclic amines) is 2. The Kier molecular flexibility index (Phi) is 5.10. The third-order valence-corrected chi connectivity index (χ3v) is 5.15. The van der Waals surface area contributed by atoms with Crippen LogP contribution in [0.3, 0.4) is 0 Å². The molecular formula is C19H28N2. The van der Waals surface area contributed by atoms with Gasteiger partial charge in [0, 0.05) is 12.6 Å². The summed E-state index contributed by atoms with van der Waals surface area (Å²) in [6, 6.07) is 9.70. The van der Waals surface area contributed by atoms with Gasteiger partial charge in [-0.05, 0) is 69.4 Å². The van der Waals surface area contributed by atoms with E-state index in [-0.39, 0.29) is 0 Å². The van der Waals surface area contributed by atoms with Crippen molar-refractivity contribution in [2.24, 2.45) is 0 Å². The van der Waals surface area contributed by atoms with Gasteiger partial charge in [0.15, 0.2) is 0 Å². The third-order valence-electron chi connectivity index (χ3n) is 5.15. The molecule has 0 amide bonds. The van der Waals surface area contributed by atoms with Gasteiger partial charge in [0.25, 0.3) is 0 Å². The van der Waals surface area contributed by atoms with Crippen LogP contribution in [0.2, 0.25) is 0 Å². The predicted molar refractivity (Wildman–Crippen MR) is 90.5 cm³/mol. The normalized spacial score (nSPS) is 21.7. The zero-order valence-electron chi connectivity index (χ0n) is 13.1. The van der Waals surface area contributed by atoms with Crippen molar-refractivity contribution in [1.82, 2.24) is 9.80 Å². The Morgan fingerprint density at radius 2 is 1.67 bits per heavy atom. The summed E-state index contributed by atoms with van der Waals surface area (Å²) in [6.45, 7) is 10.3. The molecule has 0 unspecified atom stereocenters. The number of rotatable bonds is 5. The van der Waals surface area contributed by atoms with Crippen molar-refractivity contribution in [3.8, 4) is 0 Å². The molecule has 3 rings (SSSR count). The summed E-state index contributed by atoms with van der Waals surface area (Å²) in [4.78, 5) is 5.37. The van der Waals surface area contributed by atoms with Gasteiger partial charge >= 0.3 is 0 Å². The van der Waals surface area contributed by atoms with Gasteiger partial charge in [-0.3, -0.25) is 0 Å². The van der Waals surface area contributed by atoms with Crippen molar-refractivity contribution in [3.05, 3.63) is 42.0 Å². The summed E-state index contributed by atoms with van der Waals surface area (Å²) in [5.41, 5.74) is 2.66. The number of hydrogen-bond donors (Lipinski definition) is 0. The molecule has 2 heterocycles. The van der Waals surface area contributed by atoms with Crippen molar-refractivity contribution in [1.29, 1.82) is 0 Å². The largest absolute Gasteiger partial charge is 0.303 e. The van der Waals surface area contributed by atoms with Crippen molar-refractivity contribution >= 4 is 6.08 Å². The highest BCUT2D eigenvalue weighted by molar-refractivity contribution is 5.47. The van der Waals surface area contributed by atoms with Gasteiger partial charge in [-0.1, -0.05) is 36.9 Å². The molecule has 0 saturated carbocycles. The topological polar surface area (TPSA) is 6.48 Å². The van der Waals surface area contributed by atoms with E-state index in [0.29, 0.717) is 0 Å². The fourth-order valence-electron chi connectivity index (χ4n) is 3.72. The lowest BCUT2D eigenvalue weighted by Gasteiger charge is -2.36.